The molecule has 12 heteroatoms. The quantitative estimate of drug-likeness (QED) is 0.331. The highest BCUT2D eigenvalue weighted by atomic mass is 32.1. The lowest BCUT2D eigenvalue weighted by atomic mass is 10.2. The Morgan fingerprint density at radius 2 is 1.97 bits per heavy atom. The predicted molar refractivity (Wildman–Crippen MR) is 103 cm³/mol. The van der Waals surface area contributed by atoms with Crippen LogP contribution in [0.3, 0.4) is 0 Å². The van der Waals surface area contributed by atoms with Gasteiger partial charge in [-0.25, -0.2) is 5.43 Å². The molecular formula is C18H12F3N5O3S. The summed E-state index contributed by atoms with van der Waals surface area (Å²) in [5.41, 5.74) is 0.0533. The number of benzene rings is 1. The van der Waals surface area contributed by atoms with Crippen molar-refractivity contribution in [2.75, 3.05) is 0 Å². The van der Waals surface area contributed by atoms with Crippen LogP contribution in [0.15, 0.2) is 58.7 Å². The van der Waals surface area contributed by atoms with E-state index in [1.165, 1.54) is 30.6 Å². The van der Waals surface area contributed by atoms with E-state index in [2.05, 4.69) is 20.5 Å². The normalized spacial score (nSPS) is 11.6. The summed E-state index contributed by atoms with van der Waals surface area (Å²) in [6.45, 7) is 0. The molecule has 3 rings (SSSR count). The van der Waals surface area contributed by atoms with E-state index in [0.717, 1.165) is 29.0 Å². The maximum atomic E-state index is 13.0. The van der Waals surface area contributed by atoms with Crippen LogP contribution in [0.5, 0.6) is 5.88 Å². The summed E-state index contributed by atoms with van der Waals surface area (Å²) in [7, 11) is 0. The fraction of sp³-hybridized carbons (Fsp3) is 0.0556. The van der Waals surface area contributed by atoms with Gasteiger partial charge in [-0.2, -0.15) is 18.3 Å². The Balaban J connectivity index is 1.97. The number of halogens is 3. The number of pyridine rings is 1. The van der Waals surface area contributed by atoms with Crippen molar-refractivity contribution < 1.29 is 23.1 Å². The van der Waals surface area contributed by atoms with Crippen molar-refractivity contribution in [3.63, 3.8) is 0 Å². The first-order valence-electron chi connectivity index (χ1n) is 8.18. The molecule has 0 fully saturated rings. The number of alkyl halides is 3. The standard InChI is InChI=1S/C18H12F3N5O3S/c19-18(20,21)11-2-1-3-12(8-11)26-16(29)13(15(28)24-17(26)30)9-23-25-14(27)10-4-6-22-7-5-10/h1-9,29H,(H,25,27)(H,24,28,30)/b23-9-. The van der Waals surface area contributed by atoms with Crippen LogP contribution in [0, 0.1) is 4.77 Å². The molecule has 1 aromatic carbocycles. The zero-order valence-corrected chi connectivity index (χ0v) is 15.7. The lowest BCUT2D eigenvalue weighted by Crippen LogP contribution is -2.21. The molecule has 0 atom stereocenters. The number of H-pyrrole nitrogens is 1. The Kier molecular flexibility index (Phi) is 5.78. The predicted octanol–water partition coefficient (Wildman–Crippen LogP) is 2.78. The van der Waals surface area contributed by atoms with Crippen LogP contribution in [0.4, 0.5) is 13.2 Å². The van der Waals surface area contributed by atoms with Crippen molar-refractivity contribution >= 4 is 24.3 Å². The van der Waals surface area contributed by atoms with Crippen LogP contribution in [-0.2, 0) is 6.18 Å². The van der Waals surface area contributed by atoms with Crippen molar-refractivity contribution in [2.24, 2.45) is 5.10 Å². The number of nitrogens with zero attached hydrogens (tertiary/aromatic N) is 3. The second kappa shape index (κ2) is 8.29. The Morgan fingerprint density at radius 3 is 2.63 bits per heavy atom. The first-order chi connectivity index (χ1) is 14.2. The van der Waals surface area contributed by atoms with Crippen LogP contribution in [0.2, 0.25) is 0 Å². The molecule has 3 N–H and O–H groups in total. The fourth-order valence-electron chi connectivity index (χ4n) is 2.44. The molecule has 0 aliphatic heterocycles. The smallest absolute Gasteiger partial charge is 0.416 e. The number of amides is 1. The van der Waals surface area contributed by atoms with Gasteiger partial charge in [0.05, 0.1) is 17.5 Å². The van der Waals surface area contributed by atoms with E-state index in [0.29, 0.717) is 0 Å². The van der Waals surface area contributed by atoms with Crippen molar-refractivity contribution in [3.05, 3.63) is 80.6 Å². The third-order valence-electron chi connectivity index (χ3n) is 3.85. The van der Waals surface area contributed by atoms with Crippen LogP contribution >= 0.6 is 12.2 Å². The minimum atomic E-state index is -4.61. The largest absolute Gasteiger partial charge is 0.494 e. The Labute approximate surface area is 171 Å². The highest BCUT2D eigenvalue weighted by Gasteiger charge is 2.30. The van der Waals surface area contributed by atoms with Gasteiger partial charge < -0.3 is 5.11 Å². The van der Waals surface area contributed by atoms with E-state index in [1.54, 1.807) is 0 Å². The molecule has 0 bridgehead atoms. The molecule has 0 aliphatic rings. The summed E-state index contributed by atoms with van der Waals surface area (Å²) in [5, 5.41) is 14.1. The van der Waals surface area contributed by atoms with Crippen molar-refractivity contribution in [3.8, 4) is 11.6 Å². The molecule has 154 valence electrons. The summed E-state index contributed by atoms with van der Waals surface area (Å²) in [4.78, 5) is 30.1. The van der Waals surface area contributed by atoms with Gasteiger partial charge in [0.15, 0.2) is 4.77 Å². The fourth-order valence-corrected chi connectivity index (χ4v) is 2.72. The average Bonchev–Trinajstić information content (AvgIpc) is 2.70. The van der Waals surface area contributed by atoms with Crippen LogP contribution in [0.1, 0.15) is 21.5 Å². The molecule has 2 heterocycles. The highest BCUT2D eigenvalue weighted by molar-refractivity contribution is 7.71. The number of aromatic amines is 1. The maximum absolute atomic E-state index is 13.0. The van der Waals surface area contributed by atoms with Gasteiger partial charge in [-0.1, -0.05) is 6.07 Å². The van der Waals surface area contributed by atoms with E-state index < -0.39 is 34.6 Å². The van der Waals surface area contributed by atoms with Crippen molar-refractivity contribution in [1.29, 1.82) is 0 Å². The minimum absolute atomic E-state index is 0.126. The number of carbonyl (C=O) groups excluding carboxylic acids is 1. The molecule has 1 amide bonds. The molecule has 30 heavy (non-hydrogen) atoms. The highest BCUT2D eigenvalue weighted by Crippen LogP contribution is 2.31. The van der Waals surface area contributed by atoms with E-state index >= 15 is 0 Å². The zero-order chi connectivity index (χ0) is 21.9. The first kappa shape index (κ1) is 20.9. The molecule has 0 radical (unpaired) electrons. The molecule has 2 aromatic heterocycles. The number of nitrogens with one attached hydrogen (secondary N) is 2. The van der Waals surface area contributed by atoms with E-state index in [1.807, 2.05) is 0 Å². The maximum Gasteiger partial charge on any atom is 0.416 e. The molecule has 8 nitrogen and oxygen atoms in total. The summed E-state index contributed by atoms with van der Waals surface area (Å²) in [5.74, 6) is -1.35. The second-order valence-electron chi connectivity index (χ2n) is 5.82. The van der Waals surface area contributed by atoms with Crippen LogP contribution < -0.4 is 11.0 Å². The van der Waals surface area contributed by atoms with E-state index in [4.69, 9.17) is 12.2 Å². The summed E-state index contributed by atoms with van der Waals surface area (Å²) < 4.78 is 39.5. The van der Waals surface area contributed by atoms with Gasteiger partial charge in [-0.15, -0.1) is 0 Å². The average molecular weight is 435 g/mol. The zero-order valence-electron chi connectivity index (χ0n) is 14.8. The molecule has 3 aromatic rings. The topological polar surface area (TPSA) is 112 Å². The summed E-state index contributed by atoms with van der Waals surface area (Å²) in [6.07, 6.45) is -0.964. The molecule has 0 spiro atoms. The molecule has 0 aliphatic carbocycles. The second-order valence-corrected chi connectivity index (χ2v) is 6.20. The van der Waals surface area contributed by atoms with Gasteiger partial charge in [-0.3, -0.25) is 24.1 Å². The van der Waals surface area contributed by atoms with Gasteiger partial charge in [0.25, 0.3) is 11.5 Å². The molecule has 0 unspecified atom stereocenters. The third-order valence-corrected chi connectivity index (χ3v) is 4.14. The van der Waals surface area contributed by atoms with Gasteiger partial charge in [0.2, 0.25) is 5.88 Å². The SMILES string of the molecule is O=C(N/N=C\c1c(O)n(-c2cccc(C(F)(F)F)c2)c(=S)[nH]c1=O)c1ccncc1. The van der Waals surface area contributed by atoms with Gasteiger partial charge in [0, 0.05) is 18.0 Å². The van der Waals surface area contributed by atoms with E-state index in [9.17, 15) is 27.9 Å². The summed E-state index contributed by atoms with van der Waals surface area (Å²) in [6, 6.07) is 6.89. The number of hydrazone groups is 1. The monoisotopic (exact) mass is 435 g/mol. The summed E-state index contributed by atoms with van der Waals surface area (Å²) >= 11 is 4.97. The van der Waals surface area contributed by atoms with Crippen LogP contribution in [0.25, 0.3) is 5.69 Å². The van der Waals surface area contributed by atoms with Crippen molar-refractivity contribution in [1.82, 2.24) is 20.0 Å². The van der Waals surface area contributed by atoms with Gasteiger partial charge >= 0.3 is 6.18 Å². The van der Waals surface area contributed by atoms with Gasteiger partial charge in [0.1, 0.15) is 5.56 Å². The van der Waals surface area contributed by atoms with Crippen LogP contribution in [-0.4, -0.2) is 31.8 Å². The number of aromatic nitrogens is 3. The Morgan fingerprint density at radius 1 is 1.27 bits per heavy atom. The minimum Gasteiger partial charge on any atom is -0.494 e. The lowest BCUT2D eigenvalue weighted by Gasteiger charge is -2.13. The van der Waals surface area contributed by atoms with E-state index in [-0.39, 0.29) is 16.0 Å². The third kappa shape index (κ3) is 4.43. The Bertz CT molecular complexity index is 1240. The number of hydrogen-bond donors (Lipinski definition) is 3. The Hall–Kier alpha value is -3.80. The lowest BCUT2D eigenvalue weighted by molar-refractivity contribution is -0.137. The van der Waals surface area contributed by atoms with Gasteiger partial charge in [-0.05, 0) is 42.5 Å². The molecule has 0 saturated heterocycles. The number of hydrogen-bond acceptors (Lipinski definition) is 6. The number of rotatable bonds is 4. The number of carbonyl (C=O) groups is 1. The first-order valence-corrected chi connectivity index (χ1v) is 8.58. The molecular weight excluding hydrogens is 423 g/mol. The van der Waals surface area contributed by atoms with Crippen molar-refractivity contribution in [2.45, 2.75) is 6.18 Å². The molecule has 0 saturated carbocycles. The number of aromatic hydroxyl groups is 1.